The Morgan fingerprint density at radius 2 is 1.80 bits per heavy atom. The molecule has 1 amide bonds. The fraction of sp³-hybridized carbons (Fsp3) is 0.467. The van der Waals surface area contributed by atoms with Gasteiger partial charge in [-0.05, 0) is 48.9 Å². The van der Waals surface area contributed by atoms with Crippen molar-refractivity contribution in [2.75, 3.05) is 7.11 Å². The van der Waals surface area contributed by atoms with Gasteiger partial charge in [0.25, 0.3) is 5.24 Å². The summed E-state index contributed by atoms with van der Waals surface area (Å²) in [7, 11) is 1.35. The molecule has 2 rings (SSSR count). The third-order valence-corrected chi connectivity index (χ3v) is 4.22. The normalized spacial score (nSPS) is 15.7. The topological polar surface area (TPSA) is 55.4 Å². The van der Waals surface area contributed by atoms with E-state index in [9.17, 15) is 9.59 Å². The van der Waals surface area contributed by atoms with Crippen LogP contribution >= 0.6 is 11.8 Å². The van der Waals surface area contributed by atoms with E-state index in [2.05, 4.69) is 10.1 Å². The van der Waals surface area contributed by atoms with Crippen molar-refractivity contribution in [1.82, 2.24) is 5.32 Å². The number of hydrogen-bond acceptors (Lipinski definition) is 4. The van der Waals surface area contributed by atoms with E-state index in [-0.39, 0.29) is 11.2 Å². The zero-order valence-electron chi connectivity index (χ0n) is 11.6. The highest BCUT2D eigenvalue weighted by Gasteiger charge is 2.16. The van der Waals surface area contributed by atoms with Gasteiger partial charge in [-0.25, -0.2) is 4.79 Å². The van der Waals surface area contributed by atoms with Crippen molar-refractivity contribution >= 4 is 23.0 Å². The van der Waals surface area contributed by atoms with Gasteiger partial charge in [-0.15, -0.1) is 0 Å². The van der Waals surface area contributed by atoms with Crippen LogP contribution in [0, 0.1) is 0 Å². The van der Waals surface area contributed by atoms with E-state index < -0.39 is 0 Å². The lowest BCUT2D eigenvalue weighted by Crippen LogP contribution is -2.33. The van der Waals surface area contributed by atoms with Gasteiger partial charge >= 0.3 is 5.97 Å². The number of hydrogen-bond donors (Lipinski definition) is 1. The molecule has 1 N–H and O–H groups in total. The van der Waals surface area contributed by atoms with Gasteiger partial charge in [-0.3, -0.25) is 4.79 Å². The lowest BCUT2D eigenvalue weighted by molar-refractivity contribution is 0.0600. The van der Waals surface area contributed by atoms with E-state index in [0.29, 0.717) is 11.6 Å². The van der Waals surface area contributed by atoms with Crippen molar-refractivity contribution < 1.29 is 14.3 Å². The van der Waals surface area contributed by atoms with Gasteiger partial charge in [0.05, 0.1) is 12.7 Å². The molecular weight excluding hydrogens is 274 g/mol. The van der Waals surface area contributed by atoms with Crippen LogP contribution in [0.25, 0.3) is 0 Å². The van der Waals surface area contributed by atoms with Crippen LogP contribution in [0.3, 0.4) is 0 Å². The van der Waals surface area contributed by atoms with E-state index >= 15 is 0 Å². The quantitative estimate of drug-likeness (QED) is 0.683. The number of rotatable bonds is 3. The highest BCUT2D eigenvalue weighted by molar-refractivity contribution is 8.13. The molecule has 0 bridgehead atoms. The predicted molar refractivity (Wildman–Crippen MR) is 79.0 cm³/mol. The fourth-order valence-corrected chi connectivity index (χ4v) is 3.04. The average Bonchev–Trinajstić information content (AvgIpc) is 2.48. The van der Waals surface area contributed by atoms with E-state index in [1.807, 2.05) is 0 Å². The zero-order valence-corrected chi connectivity index (χ0v) is 12.4. The molecule has 0 radical (unpaired) electrons. The molecule has 0 heterocycles. The molecule has 1 saturated carbocycles. The van der Waals surface area contributed by atoms with Crippen molar-refractivity contribution in [2.45, 2.75) is 43.0 Å². The molecule has 1 aromatic rings. The summed E-state index contributed by atoms with van der Waals surface area (Å²) >= 11 is 1.16. The van der Waals surface area contributed by atoms with E-state index in [4.69, 9.17) is 0 Å². The summed E-state index contributed by atoms with van der Waals surface area (Å²) in [5.74, 6) is -0.367. The fourth-order valence-electron chi connectivity index (χ4n) is 2.33. The molecule has 108 valence electrons. The maximum Gasteiger partial charge on any atom is 0.337 e. The molecule has 1 fully saturated rings. The number of methoxy groups -OCH3 is 1. The van der Waals surface area contributed by atoms with Crippen LogP contribution in [0.5, 0.6) is 0 Å². The molecule has 0 atom stereocenters. The molecule has 0 unspecified atom stereocenters. The minimum Gasteiger partial charge on any atom is -0.465 e. The largest absolute Gasteiger partial charge is 0.465 e. The predicted octanol–water partition coefficient (Wildman–Crippen LogP) is 3.61. The van der Waals surface area contributed by atoms with Crippen molar-refractivity contribution in [3.8, 4) is 0 Å². The van der Waals surface area contributed by atoms with Crippen molar-refractivity contribution in [1.29, 1.82) is 0 Å². The Balaban J connectivity index is 1.85. The van der Waals surface area contributed by atoms with Crippen LogP contribution in [-0.4, -0.2) is 24.4 Å². The summed E-state index contributed by atoms with van der Waals surface area (Å²) in [6.07, 6.45) is 5.82. The van der Waals surface area contributed by atoms with Crippen LogP contribution in [0.1, 0.15) is 42.5 Å². The average molecular weight is 293 g/mol. The number of ether oxygens (including phenoxy) is 1. The number of carbonyl (C=O) groups is 2. The molecule has 0 aliphatic heterocycles. The lowest BCUT2D eigenvalue weighted by Gasteiger charge is -2.22. The Morgan fingerprint density at radius 1 is 1.15 bits per heavy atom. The molecule has 1 aromatic carbocycles. The first-order valence-electron chi connectivity index (χ1n) is 6.86. The smallest absolute Gasteiger partial charge is 0.337 e. The standard InChI is InChI=1S/C15H19NO3S/c1-19-14(17)11-7-9-13(10-8-11)20-15(18)16-12-5-3-2-4-6-12/h7-10,12H,2-6H2,1H3,(H,16,18). The Morgan fingerprint density at radius 3 is 2.40 bits per heavy atom. The van der Waals surface area contributed by atoms with Crippen LogP contribution in [0.2, 0.25) is 0 Å². The number of esters is 1. The lowest BCUT2D eigenvalue weighted by atomic mass is 9.96. The summed E-state index contributed by atoms with van der Waals surface area (Å²) in [5.41, 5.74) is 0.490. The monoisotopic (exact) mass is 293 g/mol. The third kappa shape index (κ3) is 4.27. The second-order valence-electron chi connectivity index (χ2n) is 4.88. The minimum absolute atomic E-state index is 0.0253. The summed E-state index contributed by atoms with van der Waals surface area (Å²) in [5, 5.41) is 3.02. The molecule has 1 aliphatic carbocycles. The number of amides is 1. The summed E-state index contributed by atoms with van der Waals surface area (Å²) in [6.45, 7) is 0. The van der Waals surface area contributed by atoms with Gasteiger partial charge in [-0.2, -0.15) is 0 Å². The van der Waals surface area contributed by atoms with E-state index in [0.717, 1.165) is 29.5 Å². The van der Waals surface area contributed by atoms with Crippen LogP contribution in [-0.2, 0) is 4.74 Å². The van der Waals surface area contributed by atoms with Gasteiger partial charge in [0.15, 0.2) is 0 Å². The summed E-state index contributed by atoms with van der Waals surface area (Å²) in [4.78, 5) is 24.0. The SMILES string of the molecule is COC(=O)c1ccc(SC(=O)NC2CCCCC2)cc1. The van der Waals surface area contributed by atoms with Crippen LogP contribution < -0.4 is 5.32 Å². The molecular formula is C15H19NO3S. The van der Waals surface area contributed by atoms with Gasteiger partial charge in [-0.1, -0.05) is 19.3 Å². The minimum atomic E-state index is -0.367. The number of thioether (sulfide) groups is 1. The second kappa shape index (κ2) is 7.33. The third-order valence-electron chi connectivity index (χ3n) is 3.41. The van der Waals surface area contributed by atoms with Crippen LogP contribution in [0.15, 0.2) is 29.2 Å². The van der Waals surface area contributed by atoms with Crippen molar-refractivity contribution in [2.24, 2.45) is 0 Å². The maximum absolute atomic E-state index is 11.9. The summed E-state index contributed by atoms with van der Waals surface area (Å²) in [6, 6.07) is 7.18. The molecule has 1 aliphatic rings. The van der Waals surface area contributed by atoms with E-state index in [1.54, 1.807) is 24.3 Å². The zero-order chi connectivity index (χ0) is 14.4. The number of carbonyl (C=O) groups excluding carboxylic acids is 2. The van der Waals surface area contributed by atoms with Crippen LogP contribution in [0.4, 0.5) is 4.79 Å². The number of benzene rings is 1. The molecule has 0 saturated heterocycles. The molecule has 0 aromatic heterocycles. The molecule has 5 heteroatoms. The first-order valence-corrected chi connectivity index (χ1v) is 7.67. The first kappa shape index (κ1) is 14.9. The highest BCUT2D eigenvalue weighted by atomic mass is 32.2. The second-order valence-corrected chi connectivity index (χ2v) is 5.93. The van der Waals surface area contributed by atoms with Crippen molar-refractivity contribution in [3.05, 3.63) is 29.8 Å². The first-order chi connectivity index (χ1) is 9.69. The maximum atomic E-state index is 11.9. The van der Waals surface area contributed by atoms with Gasteiger partial charge in [0.2, 0.25) is 0 Å². The van der Waals surface area contributed by atoms with Gasteiger partial charge in [0, 0.05) is 10.9 Å². The Kier molecular flexibility index (Phi) is 5.47. The highest BCUT2D eigenvalue weighted by Crippen LogP contribution is 2.22. The molecule has 4 nitrogen and oxygen atoms in total. The Labute approximate surface area is 123 Å². The molecule has 20 heavy (non-hydrogen) atoms. The molecule has 0 spiro atoms. The Bertz CT molecular complexity index is 467. The number of nitrogens with one attached hydrogen (secondary N) is 1. The summed E-state index contributed by atoms with van der Waals surface area (Å²) < 4.78 is 4.63. The van der Waals surface area contributed by atoms with Gasteiger partial charge in [0.1, 0.15) is 0 Å². The van der Waals surface area contributed by atoms with Crippen molar-refractivity contribution in [3.63, 3.8) is 0 Å². The Hall–Kier alpha value is -1.49. The van der Waals surface area contributed by atoms with Gasteiger partial charge < -0.3 is 10.1 Å². The van der Waals surface area contributed by atoms with E-state index in [1.165, 1.54) is 26.4 Å².